The summed E-state index contributed by atoms with van der Waals surface area (Å²) in [6.45, 7) is 6.41. The van der Waals surface area contributed by atoms with Gasteiger partial charge in [-0.2, -0.15) is 0 Å². The van der Waals surface area contributed by atoms with Gasteiger partial charge >= 0.3 is 0 Å². The molecule has 0 N–H and O–H groups in total. The molecule has 1 aliphatic rings. The fraction of sp³-hybridized carbons (Fsp3) is 0.562. The Labute approximate surface area is 134 Å². The minimum Gasteiger partial charge on any atom is -0.323 e. The first-order valence-corrected chi connectivity index (χ1v) is 8.13. The van der Waals surface area contributed by atoms with E-state index in [9.17, 15) is 4.39 Å². The minimum absolute atomic E-state index is 0.103. The Hall–Kier alpha value is -0.800. The van der Waals surface area contributed by atoms with Crippen molar-refractivity contribution in [1.82, 2.24) is 9.55 Å². The lowest BCUT2D eigenvalue weighted by Gasteiger charge is -2.30. The monoisotopic (exact) mass is 328 g/mol. The van der Waals surface area contributed by atoms with E-state index in [1.165, 1.54) is 12.5 Å². The third-order valence-electron chi connectivity index (χ3n) is 4.63. The van der Waals surface area contributed by atoms with Gasteiger partial charge in [0.15, 0.2) is 0 Å². The largest absolute Gasteiger partial charge is 0.323 e. The Morgan fingerprint density at radius 3 is 2.71 bits per heavy atom. The van der Waals surface area contributed by atoms with Crippen LogP contribution >= 0.6 is 23.2 Å². The zero-order valence-electron chi connectivity index (χ0n) is 12.5. The van der Waals surface area contributed by atoms with E-state index in [4.69, 9.17) is 23.2 Å². The molecule has 1 fully saturated rings. The first-order valence-electron chi connectivity index (χ1n) is 7.32. The van der Waals surface area contributed by atoms with Gasteiger partial charge in [0.05, 0.1) is 21.4 Å². The lowest BCUT2D eigenvalue weighted by molar-refractivity contribution is 0.260. The van der Waals surface area contributed by atoms with Crippen LogP contribution in [0.5, 0.6) is 0 Å². The van der Waals surface area contributed by atoms with Crippen molar-refractivity contribution in [3.63, 3.8) is 0 Å². The molecule has 0 radical (unpaired) electrons. The normalized spacial score (nSPS) is 22.9. The first kappa shape index (κ1) is 15.1. The van der Waals surface area contributed by atoms with Gasteiger partial charge < -0.3 is 4.57 Å². The molecule has 114 valence electrons. The molecule has 5 heteroatoms. The van der Waals surface area contributed by atoms with Crippen LogP contribution in [0.4, 0.5) is 4.39 Å². The predicted octanol–water partition coefficient (Wildman–Crippen LogP) is 5.88. The number of fused-ring (bicyclic) bond motifs is 1. The Morgan fingerprint density at radius 1 is 1.43 bits per heavy atom. The topological polar surface area (TPSA) is 17.8 Å². The molecule has 2 aromatic rings. The van der Waals surface area contributed by atoms with Crippen molar-refractivity contribution in [2.24, 2.45) is 5.41 Å². The third kappa shape index (κ3) is 2.44. The fourth-order valence-electron chi connectivity index (χ4n) is 3.50. The van der Waals surface area contributed by atoms with Crippen molar-refractivity contribution >= 4 is 34.2 Å². The fourth-order valence-corrected chi connectivity index (χ4v) is 3.82. The quantitative estimate of drug-likeness (QED) is 0.629. The summed E-state index contributed by atoms with van der Waals surface area (Å²) < 4.78 is 16.1. The summed E-state index contributed by atoms with van der Waals surface area (Å²) in [4.78, 5) is 4.60. The van der Waals surface area contributed by atoms with Crippen molar-refractivity contribution in [3.05, 3.63) is 28.8 Å². The Balaban J connectivity index is 2.28. The van der Waals surface area contributed by atoms with Crippen LogP contribution in [-0.4, -0.2) is 9.55 Å². The molecule has 1 heterocycles. The van der Waals surface area contributed by atoms with Crippen LogP contribution in [0.2, 0.25) is 5.02 Å². The van der Waals surface area contributed by atoms with Crippen molar-refractivity contribution in [2.75, 3.05) is 0 Å². The van der Waals surface area contributed by atoms with Crippen molar-refractivity contribution in [1.29, 1.82) is 0 Å². The molecule has 0 amide bonds. The lowest BCUT2D eigenvalue weighted by atomic mass is 9.87. The lowest BCUT2D eigenvalue weighted by Crippen LogP contribution is -2.23. The van der Waals surface area contributed by atoms with Crippen molar-refractivity contribution in [2.45, 2.75) is 51.5 Å². The standard InChI is InChI=1S/C16H19Cl2FN2/c1-9(17)15-20-12-7-10(18)11(19)8-13(12)21(15)14-5-4-6-16(14,2)3/h7-9,14H,4-6H2,1-3H3. The second-order valence-electron chi connectivity index (χ2n) is 6.61. The first-order chi connectivity index (χ1) is 9.81. The molecule has 0 saturated heterocycles. The summed E-state index contributed by atoms with van der Waals surface area (Å²) in [5.41, 5.74) is 1.66. The van der Waals surface area contributed by atoms with Gasteiger partial charge in [0.1, 0.15) is 11.6 Å². The van der Waals surface area contributed by atoms with Crippen LogP contribution in [0.15, 0.2) is 12.1 Å². The Morgan fingerprint density at radius 2 is 2.14 bits per heavy atom. The Bertz CT molecular complexity index is 691. The molecule has 2 nitrogen and oxygen atoms in total. The molecule has 0 bridgehead atoms. The zero-order chi connectivity index (χ0) is 15.4. The molecule has 21 heavy (non-hydrogen) atoms. The number of nitrogens with zero attached hydrogens (tertiary/aromatic N) is 2. The van der Waals surface area contributed by atoms with Gasteiger partial charge in [-0.15, -0.1) is 11.6 Å². The van der Waals surface area contributed by atoms with Crippen LogP contribution in [0.3, 0.4) is 0 Å². The summed E-state index contributed by atoms with van der Waals surface area (Å²) >= 11 is 12.2. The number of alkyl halides is 1. The second-order valence-corrected chi connectivity index (χ2v) is 7.67. The maximum absolute atomic E-state index is 13.9. The van der Waals surface area contributed by atoms with E-state index < -0.39 is 5.82 Å². The van der Waals surface area contributed by atoms with E-state index >= 15 is 0 Å². The smallest absolute Gasteiger partial charge is 0.144 e. The number of imidazole rings is 1. The molecule has 3 rings (SSSR count). The minimum atomic E-state index is -0.408. The highest BCUT2D eigenvalue weighted by Gasteiger charge is 2.38. The Kier molecular flexibility index (Phi) is 3.69. The maximum atomic E-state index is 13.9. The van der Waals surface area contributed by atoms with Crippen molar-refractivity contribution in [3.8, 4) is 0 Å². The second kappa shape index (κ2) is 5.13. The van der Waals surface area contributed by atoms with Crippen LogP contribution in [-0.2, 0) is 0 Å². The highest BCUT2D eigenvalue weighted by molar-refractivity contribution is 6.31. The summed E-state index contributed by atoms with van der Waals surface area (Å²) in [5, 5.41) is -0.123. The van der Waals surface area contributed by atoms with Crippen LogP contribution in [0, 0.1) is 11.2 Å². The SMILES string of the molecule is CC(Cl)c1nc2cc(Cl)c(F)cc2n1C1CCCC1(C)C. The van der Waals surface area contributed by atoms with E-state index in [2.05, 4.69) is 23.4 Å². The number of hydrogen-bond acceptors (Lipinski definition) is 1. The van der Waals surface area contributed by atoms with Crippen molar-refractivity contribution < 1.29 is 4.39 Å². The molecule has 2 atom stereocenters. The number of hydrogen-bond donors (Lipinski definition) is 0. The average Bonchev–Trinajstić information content (AvgIpc) is 2.90. The number of aromatic nitrogens is 2. The highest BCUT2D eigenvalue weighted by Crippen LogP contribution is 2.48. The van der Waals surface area contributed by atoms with Gasteiger partial charge in [-0.05, 0) is 31.2 Å². The summed E-state index contributed by atoms with van der Waals surface area (Å²) in [7, 11) is 0. The molecular weight excluding hydrogens is 310 g/mol. The molecule has 0 aliphatic heterocycles. The van der Waals surface area contributed by atoms with E-state index in [1.807, 2.05) is 6.92 Å². The molecular formula is C16H19Cl2FN2. The van der Waals surface area contributed by atoms with Gasteiger partial charge in [0, 0.05) is 12.1 Å². The summed E-state index contributed by atoms with van der Waals surface area (Å²) in [6, 6.07) is 3.37. The van der Waals surface area contributed by atoms with Crippen LogP contribution < -0.4 is 0 Å². The highest BCUT2D eigenvalue weighted by atomic mass is 35.5. The number of rotatable bonds is 2. The van der Waals surface area contributed by atoms with Gasteiger partial charge in [0.25, 0.3) is 0 Å². The molecule has 0 spiro atoms. The molecule has 2 unspecified atom stereocenters. The van der Waals surface area contributed by atoms with E-state index in [0.717, 1.165) is 24.2 Å². The van der Waals surface area contributed by atoms with Gasteiger partial charge in [-0.25, -0.2) is 9.37 Å². The average molecular weight is 329 g/mol. The van der Waals surface area contributed by atoms with Gasteiger partial charge in [-0.1, -0.05) is 31.9 Å². The molecule has 1 aliphatic carbocycles. The molecule has 1 saturated carbocycles. The van der Waals surface area contributed by atoms with Crippen LogP contribution in [0.25, 0.3) is 11.0 Å². The predicted molar refractivity (Wildman–Crippen MR) is 85.6 cm³/mol. The zero-order valence-corrected chi connectivity index (χ0v) is 14.0. The van der Waals surface area contributed by atoms with Gasteiger partial charge in [0.2, 0.25) is 0 Å². The molecule has 1 aromatic carbocycles. The van der Waals surface area contributed by atoms with E-state index in [0.29, 0.717) is 11.6 Å². The summed E-state index contributed by atoms with van der Waals surface area (Å²) in [6.07, 6.45) is 3.40. The van der Waals surface area contributed by atoms with E-state index in [1.54, 1.807) is 6.07 Å². The summed E-state index contributed by atoms with van der Waals surface area (Å²) in [5.74, 6) is 0.392. The number of benzene rings is 1. The number of halogens is 3. The van der Waals surface area contributed by atoms with E-state index in [-0.39, 0.29) is 15.8 Å². The molecule has 1 aromatic heterocycles. The third-order valence-corrected chi connectivity index (χ3v) is 5.11. The maximum Gasteiger partial charge on any atom is 0.144 e. The van der Waals surface area contributed by atoms with Crippen LogP contribution in [0.1, 0.15) is 57.3 Å². The van der Waals surface area contributed by atoms with Gasteiger partial charge in [-0.3, -0.25) is 0 Å².